The topological polar surface area (TPSA) is 67.4 Å². The number of para-hydroxylation sites is 1. The summed E-state index contributed by atoms with van der Waals surface area (Å²) < 4.78 is 2.23. The van der Waals surface area contributed by atoms with E-state index in [2.05, 4.69) is 41.0 Å². The highest BCUT2D eigenvalue weighted by Crippen LogP contribution is 2.35. The summed E-state index contributed by atoms with van der Waals surface area (Å²) in [6, 6.07) is 44.6. The molecule has 0 spiro atoms. The van der Waals surface area contributed by atoms with Crippen LogP contribution in [0.25, 0.3) is 61.7 Å². The molecule has 2 aromatic heterocycles. The van der Waals surface area contributed by atoms with E-state index in [1.807, 2.05) is 97.1 Å². The van der Waals surface area contributed by atoms with Gasteiger partial charge in [-0.1, -0.05) is 78.9 Å². The Morgan fingerprint density at radius 3 is 1.54 bits per heavy atom. The van der Waals surface area contributed by atoms with Crippen molar-refractivity contribution >= 4 is 21.8 Å². The molecule has 5 nitrogen and oxygen atoms in total. The largest absolute Gasteiger partial charge is 0.309 e. The molecule has 7 rings (SSSR count). The van der Waals surface area contributed by atoms with Gasteiger partial charge in [0, 0.05) is 33.2 Å². The molecule has 0 atom stereocenters. The van der Waals surface area contributed by atoms with Crippen LogP contribution in [-0.2, 0) is 0 Å². The highest BCUT2D eigenvalue weighted by atomic mass is 15.0. The SMILES string of the molecule is N#Cc1ccc2c(c1)c1cc(-c3nc(-c4ccccc4)nc(-c4ccccc4)n3)ccc1n2-c1ccccc1. The van der Waals surface area contributed by atoms with Crippen molar-refractivity contribution in [2.75, 3.05) is 0 Å². The van der Waals surface area contributed by atoms with Crippen molar-refractivity contribution in [3.63, 3.8) is 0 Å². The summed E-state index contributed by atoms with van der Waals surface area (Å²) in [5.41, 5.74) is 6.52. The van der Waals surface area contributed by atoms with E-state index in [0.29, 0.717) is 23.0 Å². The van der Waals surface area contributed by atoms with Crippen molar-refractivity contribution in [2.24, 2.45) is 0 Å². The van der Waals surface area contributed by atoms with Crippen LogP contribution in [0.2, 0.25) is 0 Å². The Kier molecular flexibility index (Phi) is 5.42. The first-order valence-corrected chi connectivity index (χ1v) is 12.7. The molecule has 0 aliphatic heterocycles. The van der Waals surface area contributed by atoms with E-state index in [9.17, 15) is 5.26 Å². The van der Waals surface area contributed by atoms with E-state index in [4.69, 9.17) is 15.0 Å². The summed E-state index contributed by atoms with van der Waals surface area (Å²) in [4.78, 5) is 14.6. The molecule has 0 unspecified atom stereocenters. The van der Waals surface area contributed by atoms with Gasteiger partial charge in [-0.2, -0.15) is 5.26 Å². The summed E-state index contributed by atoms with van der Waals surface area (Å²) in [5.74, 6) is 1.85. The van der Waals surface area contributed by atoms with E-state index in [1.165, 1.54) is 0 Å². The zero-order chi connectivity index (χ0) is 26.2. The number of hydrogen-bond acceptors (Lipinski definition) is 4. The van der Waals surface area contributed by atoms with Crippen molar-refractivity contribution in [3.8, 4) is 45.9 Å². The second kappa shape index (κ2) is 9.37. The van der Waals surface area contributed by atoms with Gasteiger partial charge in [-0.05, 0) is 48.5 Å². The van der Waals surface area contributed by atoms with Gasteiger partial charge >= 0.3 is 0 Å². The Hall–Kier alpha value is -5.60. The maximum atomic E-state index is 9.62. The summed E-state index contributed by atoms with van der Waals surface area (Å²) in [7, 11) is 0. The summed E-state index contributed by atoms with van der Waals surface area (Å²) in [6.07, 6.45) is 0. The van der Waals surface area contributed by atoms with E-state index in [1.54, 1.807) is 0 Å². The van der Waals surface area contributed by atoms with Crippen molar-refractivity contribution < 1.29 is 0 Å². The highest BCUT2D eigenvalue weighted by Gasteiger charge is 2.16. The lowest BCUT2D eigenvalue weighted by atomic mass is 10.1. The number of nitriles is 1. The minimum absolute atomic E-state index is 0.599. The van der Waals surface area contributed by atoms with Crippen LogP contribution in [0.1, 0.15) is 5.56 Å². The van der Waals surface area contributed by atoms with Gasteiger partial charge in [0.2, 0.25) is 0 Å². The second-order valence-corrected chi connectivity index (χ2v) is 9.28. The smallest absolute Gasteiger partial charge is 0.164 e. The van der Waals surface area contributed by atoms with E-state index in [0.717, 1.165) is 44.2 Å². The average Bonchev–Trinajstić information content (AvgIpc) is 3.35. The van der Waals surface area contributed by atoms with Crippen molar-refractivity contribution in [1.82, 2.24) is 19.5 Å². The number of fused-ring (bicyclic) bond motifs is 3. The van der Waals surface area contributed by atoms with Gasteiger partial charge in [0.15, 0.2) is 17.5 Å². The molecule has 0 bridgehead atoms. The molecule has 0 aliphatic rings. The average molecular weight is 500 g/mol. The predicted octanol–water partition coefficient (Wildman–Crippen LogP) is 7.84. The van der Waals surface area contributed by atoms with Crippen LogP contribution in [0.15, 0.2) is 127 Å². The van der Waals surface area contributed by atoms with Gasteiger partial charge in [0.1, 0.15) is 0 Å². The summed E-state index contributed by atoms with van der Waals surface area (Å²) in [6.45, 7) is 0. The number of hydrogen-bond donors (Lipinski definition) is 0. The van der Waals surface area contributed by atoms with Crippen molar-refractivity contribution in [2.45, 2.75) is 0 Å². The Balaban J connectivity index is 1.48. The molecule has 2 heterocycles. The number of benzene rings is 5. The first kappa shape index (κ1) is 22.6. The minimum Gasteiger partial charge on any atom is -0.309 e. The molecule has 39 heavy (non-hydrogen) atoms. The van der Waals surface area contributed by atoms with Gasteiger partial charge in [-0.25, -0.2) is 15.0 Å². The standard InChI is InChI=1S/C34H21N5/c35-22-23-16-18-30-28(20-23)29-21-26(17-19-31(29)39(30)27-14-8-3-9-15-27)34-37-32(24-10-4-1-5-11-24)36-33(38-34)25-12-6-2-7-13-25/h1-21H. The molecule has 0 aliphatic carbocycles. The molecule has 5 aromatic carbocycles. The Labute approximate surface area is 225 Å². The lowest BCUT2D eigenvalue weighted by molar-refractivity contribution is 1.07. The minimum atomic E-state index is 0.599. The van der Waals surface area contributed by atoms with E-state index in [-0.39, 0.29) is 0 Å². The molecule has 5 heteroatoms. The molecule has 0 fully saturated rings. The Morgan fingerprint density at radius 1 is 0.487 bits per heavy atom. The third-order valence-electron chi connectivity index (χ3n) is 6.87. The zero-order valence-electron chi connectivity index (χ0n) is 20.9. The molecule has 7 aromatic rings. The fourth-order valence-corrected chi connectivity index (χ4v) is 5.02. The summed E-state index contributed by atoms with van der Waals surface area (Å²) in [5, 5.41) is 11.7. The highest BCUT2D eigenvalue weighted by molar-refractivity contribution is 6.10. The van der Waals surface area contributed by atoms with Crippen LogP contribution in [0, 0.1) is 11.3 Å². The van der Waals surface area contributed by atoms with Gasteiger partial charge in [-0.15, -0.1) is 0 Å². The summed E-state index contributed by atoms with van der Waals surface area (Å²) >= 11 is 0. The normalized spacial score (nSPS) is 11.1. The fraction of sp³-hybridized carbons (Fsp3) is 0. The third kappa shape index (κ3) is 4.01. The van der Waals surface area contributed by atoms with Crippen LogP contribution in [0.3, 0.4) is 0 Å². The number of aromatic nitrogens is 4. The van der Waals surface area contributed by atoms with Gasteiger partial charge in [0.25, 0.3) is 0 Å². The zero-order valence-corrected chi connectivity index (χ0v) is 20.9. The lowest BCUT2D eigenvalue weighted by Gasteiger charge is -2.09. The van der Waals surface area contributed by atoms with Gasteiger partial charge in [-0.3, -0.25) is 0 Å². The van der Waals surface area contributed by atoms with Gasteiger partial charge in [0.05, 0.1) is 22.7 Å². The molecule has 182 valence electrons. The van der Waals surface area contributed by atoms with Gasteiger partial charge < -0.3 is 4.57 Å². The predicted molar refractivity (Wildman–Crippen MR) is 155 cm³/mol. The van der Waals surface area contributed by atoms with E-state index < -0.39 is 0 Å². The van der Waals surface area contributed by atoms with Crippen LogP contribution >= 0.6 is 0 Å². The maximum Gasteiger partial charge on any atom is 0.164 e. The van der Waals surface area contributed by atoms with Crippen molar-refractivity contribution in [1.29, 1.82) is 5.26 Å². The molecule has 0 saturated heterocycles. The van der Waals surface area contributed by atoms with Crippen LogP contribution in [-0.4, -0.2) is 19.5 Å². The first-order chi connectivity index (χ1) is 19.3. The Morgan fingerprint density at radius 2 is 0.974 bits per heavy atom. The number of nitrogens with zero attached hydrogens (tertiary/aromatic N) is 5. The van der Waals surface area contributed by atoms with Crippen molar-refractivity contribution in [3.05, 3.63) is 133 Å². The molecular formula is C34H21N5. The lowest BCUT2D eigenvalue weighted by Crippen LogP contribution is -2.00. The number of rotatable bonds is 4. The monoisotopic (exact) mass is 499 g/mol. The van der Waals surface area contributed by atoms with Crippen LogP contribution < -0.4 is 0 Å². The van der Waals surface area contributed by atoms with E-state index >= 15 is 0 Å². The molecule has 0 saturated carbocycles. The Bertz CT molecular complexity index is 1950. The second-order valence-electron chi connectivity index (χ2n) is 9.28. The first-order valence-electron chi connectivity index (χ1n) is 12.7. The molecule has 0 amide bonds. The molecular weight excluding hydrogens is 478 g/mol. The molecule has 0 radical (unpaired) electrons. The fourth-order valence-electron chi connectivity index (χ4n) is 5.02. The maximum absolute atomic E-state index is 9.62. The van der Waals surface area contributed by atoms with Crippen LogP contribution in [0.4, 0.5) is 0 Å². The van der Waals surface area contributed by atoms with Crippen LogP contribution in [0.5, 0.6) is 0 Å². The third-order valence-corrected chi connectivity index (χ3v) is 6.87. The molecule has 0 N–H and O–H groups in total. The quantitative estimate of drug-likeness (QED) is 0.247.